The molecule has 0 spiro atoms. The molecule has 78 valence electrons. The maximum absolute atomic E-state index is 11.2. The Labute approximate surface area is 93.4 Å². The molecule has 0 aliphatic rings. The van der Waals surface area contributed by atoms with Crippen LogP contribution in [0.15, 0.2) is 28.7 Å². The highest BCUT2D eigenvalue weighted by Crippen LogP contribution is 2.11. The van der Waals surface area contributed by atoms with Crippen LogP contribution in [-0.2, 0) is 16.3 Å². The van der Waals surface area contributed by atoms with Gasteiger partial charge in [0, 0.05) is 10.2 Å². The van der Waals surface area contributed by atoms with E-state index in [4.69, 9.17) is 0 Å². The second-order valence-corrected chi connectivity index (χ2v) is 6.50. The molecule has 0 saturated carbocycles. The smallest absolute Gasteiger partial charge is 0.150 e. The van der Waals surface area contributed by atoms with E-state index in [-0.39, 0.29) is 11.5 Å². The van der Waals surface area contributed by atoms with Crippen LogP contribution < -0.4 is 0 Å². The third-order valence-electron chi connectivity index (χ3n) is 2.05. The number of benzene rings is 1. The van der Waals surface area contributed by atoms with Crippen molar-refractivity contribution in [2.75, 3.05) is 11.5 Å². The van der Waals surface area contributed by atoms with Crippen LogP contribution in [0.5, 0.6) is 0 Å². The number of hydrogen-bond acceptors (Lipinski definition) is 2. The molecule has 0 radical (unpaired) electrons. The van der Waals surface area contributed by atoms with Crippen molar-refractivity contribution >= 4 is 25.8 Å². The van der Waals surface area contributed by atoms with Crippen molar-refractivity contribution in [3.05, 3.63) is 34.3 Å². The Morgan fingerprint density at radius 3 is 2.29 bits per heavy atom. The van der Waals surface area contributed by atoms with E-state index >= 15 is 0 Å². The minimum atomic E-state index is -2.84. The molecule has 1 rings (SSSR count). The average molecular weight is 277 g/mol. The van der Waals surface area contributed by atoms with Gasteiger partial charge < -0.3 is 0 Å². The third kappa shape index (κ3) is 3.80. The first-order valence-electron chi connectivity index (χ1n) is 4.48. The molecular weight excluding hydrogens is 264 g/mol. The van der Waals surface area contributed by atoms with Gasteiger partial charge in [0.15, 0.2) is 0 Å². The maximum atomic E-state index is 11.2. The lowest BCUT2D eigenvalue weighted by molar-refractivity contribution is 0.596. The molecule has 0 saturated heterocycles. The number of aryl methyl sites for hydroxylation is 1. The second-order valence-electron chi connectivity index (χ2n) is 3.11. The predicted octanol–water partition coefficient (Wildman–Crippen LogP) is 2.43. The van der Waals surface area contributed by atoms with Crippen molar-refractivity contribution in [1.29, 1.82) is 0 Å². The zero-order chi connectivity index (χ0) is 10.6. The quantitative estimate of drug-likeness (QED) is 0.847. The molecule has 0 aromatic heterocycles. The standard InChI is InChI=1S/C10H13BrO2S/c1-2-14(12,13)8-7-9-3-5-10(11)6-4-9/h3-6H,2,7-8H2,1H3. The molecule has 0 fully saturated rings. The summed E-state index contributed by atoms with van der Waals surface area (Å²) in [7, 11) is -2.84. The molecule has 0 bridgehead atoms. The van der Waals surface area contributed by atoms with E-state index in [0.29, 0.717) is 6.42 Å². The summed E-state index contributed by atoms with van der Waals surface area (Å²) in [6.07, 6.45) is 0.601. The molecule has 0 amide bonds. The van der Waals surface area contributed by atoms with Crippen molar-refractivity contribution in [2.45, 2.75) is 13.3 Å². The Morgan fingerprint density at radius 2 is 1.79 bits per heavy atom. The molecule has 4 heteroatoms. The topological polar surface area (TPSA) is 34.1 Å². The Morgan fingerprint density at radius 1 is 1.21 bits per heavy atom. The monoisotopic (exact) mass is 276 g/mol. The van der Waals surface area contributed by atoms with Gasteiger partial charge in [0.1, 0.15) is 9.84 Å². The van der Waals surface area contributed by atoms with Gasteiger partial charge in [-0.25, -0.2) is 8.42 Å². The van der Waals surface area contributed by atoms with Crippen molar-refractivity contribution in [1.82, 2.24) is 0 Å². The largest absolute Gasteiger partial charge is 0.229 e. The Balaban J connectivity index is 2.59. The van der Waals surface area contributed by atoms with Crippen molar-refractivity contribution < 1.29 is 8.42 Å². The summed E-state index contributed by atoms with van der Waals surface area (Å²) in [5.74, 6) is 0.467. The fraction of sp³-hybridized carbons (Fsp3) is 0.400. The molecule has 0 aliphatic carbocycles. The highest BCUT2D eigenvalue weighted by Gasteiger charge is 2.06. The van der Waals surface area contributed by atoms with E-state index < -0.39 is 9.84 Å². The fourth-order valence-electron chi connectivity index (χ4n) is 1.07. The zero-order valence-corrected chi connectivity index (χ0v) is 10.4. The van der Waals surface area contributed by atoms with Gasteiger partial charge in [0.25, 0.3) is 0 Å². The summed E-state index contributed by atoms with van der Waals surface area (Å²) in [4.78, 5) is 0. The van der Waals surface area contributed by atoms with E-state index in [2.05, 4.69) is 15.9 Å². The van der Waals surface area contributed by atoms with E-state index in [1.54, 1.807) is 6.92 Å². The summed E-state index contributed by atoms with van der Waals surface area (Å²) >= 11 is 3.33. The second kappa shape index (κ2) is 4.94. The number of sulfone groups is 1. The van der Waals surface area contributed by atoms with Crippen LogP contribution in [0.1, 0.15) is 12.5 Å². The van der Waals surface area contributed by atoms with Gasteiger partial charge in [-0.1, -0.05) is 35.0 Å². The summed E-state index contributed by atoms with van der Waals surface area (Å²) in [6.45, 7) is 1.68. The lowest BCUT2D eigenvalue weighted by Crippen LogP contribution is -2.10. The molecular formula is C10H13BrO2S. The summed E-state index contributed by atoms with van der Waals surface area (Å²) in [5, 5.41) is 0. The highest BCUT2D eigenvalue weighted by atomic mass is 79.9. The van der Waals surface area contributed by atoms with Gasteiger partial charge in [0.05, 0.1) is 5.75 Å². The first kappa shape index (κ1) is 11.7. The van der Waals surface area contributed by atoms with Crippen molar-refractivity contribution in [3.63, 3.8) is 0 Å². The lowest BCUT2D eigenvalue weighted by atomic mass is 10.2. The summed E-state index contributed by atoms with van der Waals surface area (Å²) < 4.78 is 23.5. The lowest BCUT2D eigenvalue weighted by Gasteiger charge is -2.01. The minimum absolute atomic E-state index is 0.226. The van der Waals surface area contributed by atoms with Gasteiger partial charge >= 0.3 is 0 Å². The van der Waals surface area contributed by atoms with Crippen LogP contribution in [0.25, 0.3) is 0 Å². The minimum Gasteiger partial charge on any atom is -0.229 e. The number of halogens is 1. The molecule has 0 unspecified atom stereocenters. The van der Waals surface area contributed by atoms with Crippen LogP contribution in [0.2, 0.25) is 0 Å². The Kier molecular flexibility index (Phi) is 4.13. The fourth-order valence-corrected chi connectivity index (χ4v) is 2.17. The summed E-state index contributed by atoms with van der Waals surface area (Å²) in [6, 6.07) is 7.73. The Hall–Kier alpha value is -0.350. The highest BCUT2D eigenvalue weighted by molar-refractivity contribution is 9.10. The first-order valence-corrected chi connectivity index (χ1v) is 7.10. The van der Waals surface area contributed by atoms with E-state index in [1.165, 1.54) is 0 Å². The molecule has 2 nitrogen and oxygen atoms in total. The number of rotatable bonds is 4. The molecule has 0 heterocycles. The molecule has 0 aliphatic heterocycles. The molecule has 1 aromatic rings. The zero-order valence-electron chi connectivity index (χ0n) is 8.03. The van der Waals surface area contributed by atoms with Gasteiger partial charge in [-0.2, -0.15) is 0 Å². The van der Waals surface area contributed by atoms with Gasteiger partial charge in [-0.05, 0) is 24.1 Å². The van der Waals surface area contributed by atoms with Crippen LogP contribution in [0.3, 0.4) is 0 Å². The molecule has 1 aromatic carbocycles. The number of hydrogen-bond donors (Lipinski definition) is 0. The van der Waals surface area contributed by atoms with Crippen LogP contribution >= 0.6 is 15.9 Å². The van der Waals surface area contributed by atoms with Crippen LogP contribution in [0, 0.1) is 0 Å². The predicted molar refractivity (Wildman–Crippen MR) is 62.2 cm³/mol. The van der Waals surface area contributed by atoms with E-state index in [0.717, 1.165) is 10.0 Å². The van der Waals surface area contributed by atoms with E-state index in [9.17, 15) is 8.42 Å². The van der Waals surface area contributed by atoms with Crippen LogP contribution in [0.4, 0.5) is 0 Å². The normalized spacial score (nSPS) is 11.6. The average Bonchev–Trinajstić information content (AvgIpc) is 2.17. The van der Waals surface area contributed by atoms with E-state index in [1.807, 2.05) is 24.3 Å². The summed E-state index contributed by atoms with van der Waals surface area (Å²) in [5.41, 5.74) is 1.06. The van der Waals surface area contributed by atoms with Gasteiger partial charge in [-0.3, -0.25) is 0 Å². The van der Waals surface area contributed by atoms with Crippen molar-refractivity contribution in [3.8, 4) is 0 Å². The Bertz CT molecular complexity index is 381. The van der Waals surface area contributed by atoms with Gasteiger partial charge in [-0.15, -0.1) is 0 Å². The third-order valence-corrected chi connectivity index (χ3v) is 4.29. The molecule has 0 atom stereocenters. The SMILES string of the molecule is CCS(=O)(=O)CCc1ccc(Br)cc1. The maximum Gasteiger partial charge on any atom is 0.150 e. The first-order chi connectivity index (χ1) is 6.53. The van der Waals surface area contributed by atoms with Gasteiger partial charge in [0.2, 0.25) is 0 Å². The molecule has 14 heavy (non-hydrogen) atoms. The van der Waals surface area contributed by atoms with Crippen molar-refractivity contribution in [2.24, 2.45) is 0 Å². The van der Waals surface area contributed by atoms with Crippen LogP contribution in [-0.4, -0.2) is 19.9 Å². The molecule has 0 N–H and O–H groups in total.